The number of hydrogen-bond donors (Lipinski definition) is 1. The number of nitrogens with zero attached hydrogens (tertiary/aromatic N) is 3. The average molecular weight is 588 g/mol. The van der Waals surface area contributed by atoms with Crippen LogP contribution in [0, 0.1) is 5.82 Å². The van der Waals surface area contributed by atoms with Crippen LogP contribution in [0.2, 0.25) is 10.0 Å². The summed E-state index contributed by atoms with van der Waals surface area (Å²) in [5.41, 5.74) is 0.334. The largest absolute Gasteiger partial charge is 0.352 e. The number of anilines is 1. The summed E-state index contributed by atoms with van der Waals surface area (Å²) in [6.45, 7) is 1.04. The summed E-state index contributed by atoms with van der Waals surface area (Å²) in [4.78, 5) is 28.5. The van der Waals surface area contributed by atoms with E-state index in [2.05, 4.69) is 5.32 Å². The molecule has 2 aromatic carbocycles. The zero-order valence-electron chi connectivity index (χ0n) is 21.7. The number of carbonyl (C=O) groups is 2. The lowest BCUT2D eigenvalue weighted by Gasteiger charge is -2.34. The van der Waals surface area contributed by atoms with Gasteiger partial charge in [-0.2, -0.15) is 12.7 Å². The van der Waals surface area contributed by atoms with Crippen LogP contribution in [0.1, 0.15) is 44.6 Å². The van der Waals surface area contributed by atoms with Gasteiger partial charge < -0.3 is 10.2 Å². The first kappa shape index (κ1) is 30.1. The van der Waals surface area contributed by atoms with E-state index in [0.29, 0.717) is 14.9 Å². The predicted molar refractivity (Wildman–Crippen MR) is 148 cm³/mol. The van der Waals surface area contributed by atoms with Crippen molar-refractivity contribution >= 4 is 50.9 Å². The molecule has 12 heteroatoms. The lowest BCUT2D eigenvalue weighted by molar-refractivity contribution is -0.140. The first-order valence-electron chi connectivity index (χ1n) is 12.4. The second-order valence-corrected chi connectivity index (χ2v) is 12.3. The SMILES string of the molecule is CCC(C(=O)NC1CCCC1)N(Cc1ccc(Cl)c(Cl)c1)C(=O)CN(c1ccccc1F)S(=O)(=O)N(C)C. The molecule has 38 heavy (non-hydrogen) atoms. The second-order valence-electron chi connectivity index (χ2n) is 9.43. The summed E-state index contributed by atoms with van der Waals surface area (Å²) in [6.07, 6.45) is 4.06. The number of benzene rings is 2. The summed E-state index contributed by atoms with van der Waals surface area (Å²) in [6, 6.07) is 9.33. The van der Waals surface area contributed by atoms with Gasteiger partial charge in [-0.25, -0.2) is 8.70 Å². The molecule has 0 saturated heterocycles. The van der Waals surface area contributed by atoms with Crippen LogP contribution in [0.15, 0.2) is 42.5 Å². The number of amides is 2. The fraction of sp³-hybridized carbons (Fsp3) is 0.462. The fourth-order valence-corrected chi connectivity index (χ4v) is 5.86. The van der Waals surface area contributed by atoms with Gasteiger partial charge in [-0.15, -0.1) is 0 Å². The van der Waals surface area contributed by atoms with Crippen LogP contribution in [-0.2, 0) is 26.3 Å². The molecule has 1 saturated carbocycles. The Hall–Kier alpha value is -2.40. The normalized spacial score (nSPS) is 14.9. The van der Waals surface area contributed by atoms with E-state index in [4.69, 9.17) is 23.2 Å². The summed E-state index contributed by atoms with van der Waals surface area (Å²) < 4.78 is 42.7. The average Bonchev–Trinajstić information content (AvgIpc) is 3.37. The minimum atomic E-state index is -4.26. The van der Waals surface area contributed by atoms with Crippen LogP contribution in [-0.4, -0.2) is 62.2 Å². The third kappa shape index (κ3) is 7.16. The Kier molecular flexibility index (Phi) is 10.4. The number of hydrogen-bond acceptors (Lipinski definition) is 4. The summed E-state index contributed by atoms with van der Waals surface area (Å²) >= 11 is 12.2. The fourth-order valence-electron chi connectivity index (χ4n) is 4.48. The minimum absolute atomic E-state index is 0.0283. The molecule has 0 aromatic heterocycles. The molecule has 1 unspecified atom stereocenters. The highest BCUT2D eigenvalue weighted by molar-refractivity contribution is 7.90. The van der Waals surface area contributed by atoms with Crippen LogP contribution < -0.4 is 9.62 Å². The van der Waals surface area contributed by atoms with Gasteiger partial charge in [0, 0.05) is 26.7 Å². The summed E-state index contributed by atoms with van der Waals surface area (Å²) in [5, 5.41) is 3.65. The molecule has 1 aliphatic rings. The molecular weight excluding hydrogens is 554 g/mol. The van der Waals surface area contributed by atoms with Gasteiger partial charge in [0.1, 0.15) is 18.4 Å². The van der Waals surface area contributed by atoms with Crippen LogP contribution in [0.4, 0.5) is 10.1 Å². The van der Waals surface area contributed by atoms with Crippen LogP contribution in [0.5, 0.6) is 0 Å². The minimum Gasteiger partial charge on any atom is -0.352 e. The van der Waals surface area contributed by atoms with E-state index in [0.717, 1.165) is 36.1 Å². The van der Waals surface area contributed by atoms with Gasteiger partial charge in [-0.3, -0.25) is 9.59 Å². The van der Waals surface area contributed by atoms with Crippen molar-refractivity contribution in [1.82, 2.24) is 14.5 Å². The smallest absolute Gasteiger partial charge is 0.304 e. The predicted octanol–water partition coefficient (Wildman–Crippen LogP) is 4.61. The molecule has 3 rings (SSSR count). The first-order chi connectivity index (χ1) is 17.9. The first-order valence-corrected chi connectivity index (χ1v) is 14.6. The summed E-state index contributed by atoms with van der Waals surface area (Å²) in [5.74, 6) is -1.79. The highest BCUT2D eigenvalue weighted by Crippen LogP contribution is 2.26. The second kappa shape index (κ2) is 13.1. The van der Waals surface area contributed by atoms with Crippen LogP contribution in [0.25, 0.3) is 0 Å². The lowest BCUT2D eigenvalue weighted by Crippen LogP contribution is -2.54. The standard InChI is InChI=1S/C26H33Cl2FN4O4S/c1-4-23(26(35)30-19-9-5-6-10-19)32(16-18-13-14-20(27)21(28)15-18)25(34)17-33(38(36,37)31(2)3)24-12-8-7-11-22(24)29/h7-8,11-15,19,23H,4-6,9-10,16-17H2,1-3H3,(H,30,35). The Bertz CT molecular complexity index is 1260. The quantitative estimate of drug-likeness (QED) is 0.416. The number of para-hydroxylation sites is 1. The van der Waals surface area contributed by atoms with Gasteiger partial charge in [0.25, 0.3) is 0 Å². The van der Waals surface area contributed by atoms with E-state index in [1.165, 1.54) is 37.2 Å². The van der Waals surface area contributed by atoms with Crippen molar-refractivity contribution in [1.29, 1.82) is 0 Å². The molecule has 0 bridgehead atoms. The van der Waals surface area contributed by atoms with E-state index < -0.39 is 34.5 Å². The maximum absolute atomic E-state index is 14.8. The van der Waals surface area contributed by atoms with Gasteiger partial charge in [-0.05, 0) is 49.1 Å². The molecule has 0 heterocycles. The Labute approximate surface area is 233 Å². The lowest BCUT2D eigenvalue weighted by atomic mass is 10.1. The third-order valence-corrected chi connectivity index (χ3v) is 9.11. The van der Waals surface area contributed by atoms with Crippen molar-refractivity contribution in [2.24, 2.45) is 0 Å². The molecule has 2 aromatic rings. The van der Waals surface area contributed by atoms with E-state index in [1.54, 1.807) is 25.1 Å². The maximum atomic E-state index is 14.8. The number of rotatable bonds is 11. The highest BCUT2D eigenvalue weighted by atomic mass is 35.5. The molecule has 1 atom stereocenters. The van der Waals surface area contributed by atoms with Crippen molar-refractivity contribution in [3.05, 3.63) is 63.9 Å². The van der Waals surface area contributed by atoms with Crippen molar-refractivity contribution < 1.29 is 22.4 Å². The molecule has 208 valence electrons. The van der Waals surface area contributed by atoms with Crippen molar-refractivity contribution in [2.75, 3.05) is 24.9 Å². The van der Waals surface area contributed by atoms with Gasteiger partial charge in [0.05, 0.1) is 15.7 Å². The van der Waals surface area contributed by atoms with E-state index in [-0.39, 0.29) is 35.6 Å². The number of nitrogens with one attached hydrogen (secondary N) is 1. The van der Waals surface area contributed by atoms with Crippen molar-refractivity contribution in [3.8, 4) is 0 Å². The molecule has 0 radical (unpaired) electrons. The molecule has 1 aliphatic carbocycles. The molecule has 0 aliphatic heterocycles. The van der Waals surface area contributed by atoms with E-state index >= 15 is 0 Å². The Morgan fingerprint density at radius 3 is 2.32 bits per heavy atom. The van der Waals surface area contributed by atoms with Gasteiger partial charge in [-0.1, -0.05) is 61.2 Å². The molecule has 2 amide bonds. The zero-order valence-corrected chi connectivity index (χ0v) is 24.0. The van der Waals surface area contributed by atoms with Crippen molar-refractivity contribution in [3.63, 3.8) is 0 Å². The van der Waals surface area contributed by atoms with E-state index in [1.807, 2.05) is 0 Å². The maximum Gasteiger partial charge on any atom is 0.304 e. The molecule has 8 nitrogen and oxygen atoms in total. The Balaban J connectivity index is 1.99. The molecule has 0 spiro atoms. The Morgan fingerprint density at radius 2 is 1.74 bits per heavy atom. The van der Waals surface area contributed by atoms with Gasteiger partial charge in [0.15, 0.2) is 0 Å². The molecule has 1 fully saturated rings. The highest BCUT2D eigenvalue weighted by Gasteiger charge is 2.35. The van der Waals surface area contributed by atoms with Gasteiger partial charge >= 0.3 is 10.2 Å². The number of carbonyl (C=O) groups excluding carboxylic acids is 2. The van der Waals surface area contributed by atoms with E-state index in [9.17, 15) is 22.4 Å². The van der Waals surface area contributed by atoms with Crippen LogP contribution in [0.3, 0.4) is 0 Å². The zero-order chi connectivity index (χ0) is 28.0. The topological polar surface area (TPSA) is 90.0 Å². The Morgan fingerprint density at radius 1 is 1.08 bits per heavy atom. The molecular formula is C26H33Cl2FN4O4S. The van der Waals surface area contributed by atoms with Crippen LogP contribution >= 0.6 is 23.2 Å². The monoisotopic (exact) mass is 586 g/mol. The van der Waals surface area contributed by atoms with Gasteiger partial charge in [0.2, 0.25) is 11.8 Å². The van der Waals surface area contributed by atoms with Crippen molar-refractivity contribution in [2.45, 2.75) is 57.7 Å². The molecule has 1 N–H and O–H groups in total. The number of halogens is 3. The third-order valence-electron chi connectivity index (χ3n) is 6.56. The summed E-state index contributed by atoms with van der Waals surface area (Å²) in [7, 11) is -1.67.